The van der Waals surface area contributed by atoms with E-state index in [0.29, 0.717) is 18.8 Å². The summed E-state index contributed by atoms with van der Waals surface area (Å²) in [4.78, 5) is 26.1. The molecule has 0 atom stereocenters. The second-order valence-corrected chi connectivity index (χ2v) is 13.1. The lowest BCUT2D eigenvalue weighted by atomic mass is 10.0. The Balaban J connectivity index is 1.94. The number of carbonyl (C=O) groups is 1. The minimum absolute atomic E-state index is 0.309. The number of fused-ring (bicyclic) bond motifs is 3. The highest BCUT2D eigenvalue weighted by Crippen LogP contribution is 2.26. The van der Waals surface area contributed by atoms with E-state index >= 15 is 0 Å². The molecule has 0 aliphatic carbocycles. The lowest BCUT2D eigenvalue weighted by molar-refractivity contribution is 0.0518. The number of benzene rings is 1. The quantitative estimate of drug-likeness (QED) is 0.494. The van der Waals surface area contributed by atoms with E-state index in [2.05, 4.69) is 47.8 Å². The minimum atomic E-state index is -1.53. The minimum Gasteiger partial charge on any atom is -0.461 e. The lowest BCUT2D eigenvalue weighted by Crippen LogP contribution is -2.38. The summed E-state index contributed by atoms with van der Waals surface area (Å²) in [6.45, 7) is 9.40. The molecule has 0 spiro atoms. The Kier molecular flexibility index (Phi) is 4.92. The number of imidazole rings is 1. The van der Waals surface area contributed by atoms with Crippen LogP contribution in [0.5, 0.6) is 0 Å². The molecule has 1 aromatic carbocycles. The van der Waals surface area contributed by atoms with Gasteiger partial charge in [-0.3, -0.25) is 14.5 Å². The fourth-order valence-corrected chi connectivity index (χ4v) is 4.63. The Labute approximate surface area is 171 Å². The Bertz CT molecular complexity index is 1100. The third-order valence-corrected chi connectivity index (χ3v) is 7.05. The number of hydrogen-bond acceptors (Lipinski definition) is 5. The van der Waals surface area contributed by atoms with Crippen molar-refractivity contribution in [3.05, 3.63) is 71.6 Å². The number of hydrogen-bond donors (Lipinski definition) is 0. The molecule has 0 amide bonds. The first kappa shape index (κ1) is 19.3. The summed E-state index contributed by atoms with van der Waals surface area (Å²) in [6.07, 6.45) is 3.46. The van der Waals surface area contributed by atoms with Crippen LogP contribution in [0.3, 0.4) is 0 Å². The molecule has 0 N–H and O–H groups in total. The summed E-state index contributed by atoms with van der Waals surface area (Å²) < 4.78 is 7.14. The number of esters is 1. The van der Waals surface area contributed by atoms with Crippen molar-refractivity contribution < 1.29 is 9.53 Å². The van der Waals surface area contributed by atoms with Crippen LogP contribution in [0.25, 0.3) is 5.69 Å². The van der Waals surface area contributed by atoms with Gasteiger partial charge in [0.15, 0.2) is 5.69 Å². The molecule has 29 heavy (non-hydrogen) atoms. The SMILES string of the molecule is CCOC(=O)c1ncn2c1CN=C(c1ccccn1)c1cc([Si](C)(C)C)ccc1-2. The second kappa shape index (κ2) is 7.40. The van der Waals surface area contributed by atoms with Gasteiger partial charge in [-0.1, -0.05) is 43.0 Å². The third-order valence-electron chi connectivity index (χ3n) is 5.01. The largest absolute Gasteiger partial charge is 0.461 e. The first-order valence-corrected chi connectivity index (χ1v) is 13.2. The molecule has 3 aromatic rings. The van der Waals surface area contributed by atoms with Gasteiger partial charge in [0.05, 0.1) is 44.0 Å². The molecule has 2 aromatic heterocycles. The van der Waals surface area contributed by atoms with Crippen LogP contribution in [-0.2, 0) is 11.3 Å². The van der Waals surface area contributed by atoms with E-state index < -0.39 is 14.0 Å². The Morgan fingerprint density at radius 1 is 1.17 bits per heavy atom. The monoisotopic (exact) mass is 404 g/mol. The molecule has 0 unspecified atom stereocenters. The molecule has 1 aliphatic heterocycles. The van der Waals surface area contributed by atoms with Crippen LogP contribution < -0.4 is 5.19 Å². The molecule has 0 radical (unpaired) electrons. The van der Waals surface area contributed by atoms with Crippen LogP contribution in [-0.4, -0.2) is 40.9 Å². The molecule has 0 saturated heterocycles. The zero-order chi connectivity index (χ0) is 20.6. The van der Waals surface area contributed by atoms with Gasteiger partial charge in [-0.15, -0.1) is 0 Å². The average Bonchev–Trinajstić information content (AvgIpc) is 3.05. The molecule has 7 heteroatoms. The standard InChI is InChI=1S/C22H24N4O2Si/c1-5-28-22(27)21-19-13-24-20(17-8-6-7-11-23-17)16-12-15(29(2,3)4)9-10-18(16)26(19)14-25-21/h6-12,14H,5,13H2,1-4H3. The molecule has 0 fully saturated rings. The predicted molar refractivity (Wildman–Crippen MR) is 116 cm³/mol. The van der Waals surface area contributed by atoms with Crippen molar-refractivity contribution in [3.63, 3.8) is 0 Å². The summed E-state index contributed by atoms with van der Waals surface area (Å²) in [5.74, 6) is -0.419. The second-order valence-electron chi connectivity index (χ2n) is 7.99. The Hall–Kier alpha value is -3.06. The van der Waals surface area contributed by atoms with E-state index in [1.165, 1.54) is 5.19 Å². The van der Waals surface area contributed by atoms with E-state index in [9.17, 15) is 4.79 Å². The fraction of sp³-hybridized carbons (Fsp3) is 0.273. The molecule has 1 aliphatic rings. The summed E-state index contributed by atoms with van der Waals surface area (Å²) in [5.41, 5.74) is 4.66. The highest BCUT2D eigenvalue weighted by atomic mass is 28.3. The van der Waals surface area contributed by atoms with Crippen molar-refractivity contribution in [1.29, 1.82) is 0 Å². The molecule has 0 bridgehead atoms. The normalized spacial score (nSPS) is 13.2. The van der Waals surface area contributed by atoms with E-state index in [-0.39, 0.29) is 0 Å². The van der Waals surface area contributed by atoms with E-state index in [0.717, 1.165) is 28.4 Å². The van der Waals surface area contributed by atoms with Gasteiger partial charge < -0.3 is 4.74 Å². The summed E-state index contributed by atoms with van der Waals surface area (Å²) in [6, 6.07) is 12.3. The zero-order valence-corrected chi connectivity index (χ0v) is 18.1. The van der Waals surface area contributed by atoms with Gasteiger partial charge in [0.25, 0.3) is 0 Å². The van der Waals surface area contributed by atoms with Crippen molar-refractivity contribution >= 4 is 24.9 Å². The number of nitrogens with zero attached hydrogens (tertiary/aromatic N) is 4. The third kappa shape index (κ3) is 3.53. The van der Waals surface area contributed by atoms with Gasteiger partial charge >= 0.3 is 5.97 Å². The molecule has 148 valence electrons. The van der Waals surface area contributed by atoms with Crippen molar-refractivity contribution in [2.75, 3.05) is 6.61 Å². The van der Waals surface area contributed by atoms with Gasteiger partial charge in [0.2, 0.25) is 0 Å². The number of pyridine rings is 1. The number of carbonyl (C=O) groups excluding carboxylic acids is 1. The van der Waals surface area contributed by atoms with Crippen molar-refractivity contribution in [3.8, 4) is 5.69 Å². The maximum absolute atomic E-state index is 12.4. The smallest absolute Gasteiger partial charge is 0.358 e. The zero-order valence-electron chi connectivity index (χ0n) is 17.1. The number of aliphatic imine (C=N–C) groups is 1. The first-order valence-electron chi connectivity index (χ1n) is 9.74. The van der Waals surface area contributed by atoms with Crippen LogP contribution in [0.1, 0.15) is 34.4 Å². The Morgan fingerprint density at radius 3 is 2.69 bits per heavy atom. The maximum atomic E-state index is 12.4. The molecule has 6 nitrogen and oxygen atoms in total. The Morgan fingerprint density at radius 2 is 2.00 bits per heavy atom. The van der Waals surface area contributed by atoms with Crippen LogP contribution in [0.15, 0.2) is 53.9 Å². The van der Waals surface area contributed by atoms with Crippen LogP contribution in [0.4, 0.5) is 0 Å². The highest BCUT2D eigenvalue weighted by molar-refractivity contribution is 6.88. The lowest BCUT2D eigenvalue weighted by Gasteiger charge is -2.20. The number of rotatable bonds is 4. The van der Waals surface area contributed by atoms with Gasteiger partial charge in [-0.2, -0.15) is 0 Å². The van der Waals surface area contributed by atoms with Gasteiger partial charge in [0, 0.05) is 11.8 Å². The van der Waals surface area contributed by atoms with Crippen molar-refractivity contribution in [1.82, 2.24) is 14.5 Å². The summed E-state index contributed by atoms with van der Waals surface area (Å²) in [7, 11) is -1.53. The van der Waals surface area contributed by atoms with Crippen molar-refractivity contribution in [2.45, 2.75) is 33.1 Å². The summed E-state index contributed by atoms with van der Waals surface area (Å²) in [5, 5.41) is 1.34. The van der Waals surface area contributed by atoms with Gasteiger partial charge in [-0.25, -0.2) is 9.78 Å². The molecule has 3 heterocycles. The molecular weight excluding hydrogens is 380 g/mol. The predicted octanol–water partition coefficient (Wildman–Crippen LogP) is 3.34. The van der Waals surface area contributed by atoms with Crippen LogP contribution in [0.2, 0.25) is 19.6 Å². The average molecular weight is 405 g/mol. The van der Waals surface area contributed by atoms with E-state index in [1.54, 1.807) is 19.4 Å². The molecule has 0 saturated carbocycles. The topological polar surface area (TPSA) is 69.4 Å². The highest BCUT2D eigenvalue weighted by Gasteiger charge is 2.27. The fourth-order valence-electron chi connectivity index (χ4n) is 3.47. The number of ether oxygens (including phenoxy) is 1. The van der Waals surface area contributed by atoms with E-state index in [4.69, 9.17) is 9.73 Å². The van der Waals surface area contributed by atoms with Crippen molar-refractivity contribution in [2.24, 2.45) is 4.99 Å². The first-order chi connectivity index (χ1) is 13.9. The summed E-state index contributed by atoms with van der Waals surface area (Å²) >= 11 is 0. The molecular formula is C22H24N4O2Si. The van der Waals surface area contributed by atoms with E-state index in [1.807, 2.05) is 22.8 Å². The van der Waals surface area contributed by atoms with Crippen LogP contribution >= 0.6 is 0 Å². The number of aromatic nitrogens is 3. The van der Waals surface area contributed by atoms with Gasteiger partial charge in [0.1, 0.15) is 6.33 Å². The van der Waals surface area contributed by atoms with Gasteiger partial charge in [-0.05, 0) is 25.1 Å². The van der Waals surface area contributed by atoms with Crippen LogP contribution in [0, 0.1) is 0 Å². The molecule has 4 rings (SSSR count). The maximum Gasteiger partial charge on any atom is 0.358 e.